The molecule has 0 bridgehead atoms. The monoisotopic (exact) mass is 424 g/mol. The van der Waals surface area contributed by atoms with Crippen molar-refractivity contribution >= 4 is 11.8 Å². The summed E-state index contributed by atoms with van der Waals surface area (Å²) >= 11 is 0. The second kappa shape index (κ2) is 8.52. The lowest BCUT2D eigenvalue weighted by molar-refractivity contribution is -0.140. The summed E-state index contributed by atoms with van der Waals surface area (Å²) in [5.74, 6) is -1.05. The van der Waals surface area contributed by atoms with Crippen LogP contribution in [0.15, 0.2) is 54.6 Å². The fraction of sp³-hybridized carbons (Fsp3) is 0.440. The Morgan fingerprint density at radius 1 is 1.06 bits per heavy atom. The molecule has 31 heavy (non-hydrogen) atoms. The third kappa shape index (κ3) is 4.27. The number of ketones is 1. The molecule has 0 amide bonds. The van der Waals surface area contributed by atoms with Gasteiger partial charge in [-0.25, -0.2) is 4.39 Å². The maximum atomic E-state index is 13.3. The number of piperidine rings is 1. The van der Waals surface area contributed by atoms with Gasteiger partial charge in [0, 0.05) is 25.2 Å². The molecule has 2 atom stereocenters. The van der Waals surface area contributed by atoms with Crippen molar-refractivity contribution in [2.45, 2.75) is 37.1 Å². The predicted molar refractivity (Wildman–Crippen MR) is 116 cm³/mol. The van der Waals surface area contributed by atoms with E-state index in [1.165, 1.54) is 17.7 Å². The van der Waals surface area contributed by atoms with Crippen molar-refractivity contribution in [1.82, 2.24) is 10.2 Å². The highest BCUT2D eigenvalue weighted by molar-refractivity contribution is 5.86. The van der Waals surface area contributed by atoms with E-state index in [2.05, 4.69) is 22.3 Å². The van der Waals surface area contributed by atoms with Crippen LogP contribution in [0.3, 0.4) is 0 Å². The second-order valence-corrected chi connectivity index (χ2v) is 8.99. The van der Waals surface area contributed by atoms with Gasteiger partial charge in [-0.2, -0.15) is 0 Å². The zero-order valence-corrected chi connectivity index (χ0v) is 17.8. The normalized spacial score (nSPS) is 25.2. The number of aliphatic carboxylic acids is 1. The Morgan fingerprint density at radius 3 is 2.29 bits per heavy atom. The van der Waals surface area contributed by atoms with E-state index in [-0.39, 0.29) is 23.1 Å². The predicted octanol–water partition coefficient (Wildman–Crippen LogP) is 3.34. The molecule has 4 rings (SSSR count). The number of halogens is 1. The van der Waals surface area contributed by atoms with Crippen LogP contribution >= 0.6 is 0 Å². The highest BCUT2D eigenvalue weighted by Crippen LogP contribution is 2.55. The molecule has 1 aliphatic carbocycles. The highest BCUT2D eigenvalue weighted by atomic mass is 19.1. The molecule has 1 aliphatic heterocycles. The molecule has 164 valence electrons. The van der Waals surface area contributed by atoms with E-state index >= 15 is 0 Å². The third-order valence-electron chi connectivity index (χ3n) is 7.04. The fourth-order valence-electron chi connectivity index (χ4n) is 5.08. The first-order valence-corrected chi connectivity index (χ1v) is 10.9. The standard InChI is InChI=1S/C25H29FN2O3/c1-18(29)16-27-24(19-5-3-2-4-6-19)11-13-28(14-12-24)17-21-15-25(21,23(30)31)20-7-9-22(26)10-8-20/h2-10,21,27H,11-17H2,1H3,(H,30,31)/t21-,25+/m0/s1. The molecule has 1 saturated carbocycles. The Balaban J connectivity index is 1.44. The van der Waals surface area contributed by atoms with Gasteiger partial charge in [0.25, 0.3) is 0 Å². The Kier molecular flexibility index (Phi) is 5.95. The van der Waals surface area contributed by atoms with Gasteiger partial charge in [0.2, 0.25) is 0 Å². The minimum atomic E-state index is -0.908. The minimum Gasteiger partial charge on any atom is -0.481 e. The number of hydrogen-bond acceptors (Lipinski definition) is 4. The molecule has 0 spiro atoms. The van der Waals surface area contributed by atoms with Crippen molar-refractivity contribution in [2.24, 2.45) is 5.92 Å². The van der Waals surface area contributed by atoms with Crippen LogP contribution in [0, 0.1) is 11.7 Å². The first-order valence-electron chi connectivity index (χ1n) is 10.9. The zero-order valence-electron chi connectivity index (χ0n) is 17.8. The smallest absolute Gasteiger partial charge is 0.314 e. The maximum absolute atomic E-state index is 13.3. The highest BCUT2D eigenvalue weighted by Gasteiger charge is 2.61. The van der Waals surface area contributed by atoms with E-state index in [4.69, 9.17) is 0 Å². The summed E-state index contributed by atoms with van der Waals surface area (Å²) in [6.07, 6.45) is 2.29. The van der Waals surface area contributed by atoms with Crippen LogP contribution in [-0.2, 0) is 20.5 Å². The van der Waals surface area contributed by atoms with Crippen LogP contribution in [0.5, 0.6) is 0 Å². The van der Waals surface area contributed by atoms with Crippen LogP contribution < -0.4 is 5.32 Å². The minimum absolute atomic E-state index is 0.0184. The average Bonchev–Trinajstić information content (AvgIpc) is 3.49. The number of nitrogens with one attached hydrogen (secondary N) is 1. The van der Waals surface area contributed by atoms with Crippen molar-refractivity contribution in [3.63, 3.8) is 0 Å². The third-order valence-corrected chi connectivity index (χ3v) is 7.04. The molecular weight excluding hydrogens is 395 g/mol. The molecule has 2 aromatic rings. The summed E-state index contributed by atoms with van der Waals surface area (Å²) in [6.45, 7) is 4.30. The fourth-order valence-corrected chi connectivity index (χ4v) is 5.08. The number of carbonyl (C=O) groups excluding carboxylic acids is 1. The Morgan fingerprint density at radius 2 is 1.71 bits per heavy atom. The van der Waals surface area contributed by atoms with Crippen LogP contribution in [0.2, 0.25) is 0 Å². The van der Waals surface area contributed by atoms with E-state index in [0.717, 1.165) is 25.9 Å². The van der Waals surface area contributed by atoms with Crippen LogP contribution in [0.1, 0.15) is 37.3 Å². The summed E-state index contributed by atoms with van der Waals surface area (Å²) in [5, 5.41) is 13.4. The number of benzene rings is 2. The molecular formula is C25H29FN2O3. The Labute approximate surface area is 182 Å². The van der Waals surface area contributed by atoms with Gasteiger partial charge in [0.05, 0.1) is 12.0 Å². The van der Waals surface area contributed by atoms with Crippen LogP contribution in [0.25, 0.3) is 0 Å². The molecule has 1 heterocycles. The lowest BCUT2D eigenvalue weighted by Crippen LogP contribution is -2.52. The van der Waals surface area contributed by atoms with Gasteiger partial charge in [-0.15, -0.1) is 0 Å². The number of hydrogen-bond donors (Lipinski definition) is 2. The summed E-state index contributed by atoms with van der Waals surface area (Å²) in [7, 11) is 0. The van der Waals surface area contributed by atoms with E-state index in [1.54, 1.807) is 19.1 Å². The van der Waals surface area contributed by atoms with Gasteiger partial charge in [-0.1, -0.05) is 42.5 Å². The van der Waals surface area contributed by atoms with Crippen molar-refractivity contribution in [1.29, 1.82) is 0 Å². The first-order chi connectivity index (χ1) is 14.9. The van der Waals surface area contributed by atoms with E-state index < -0.39 is 11.4 Å². The largest absolute Gasteiger partial charge is 0.481 e. The molecule has 1 saturated heterocycles. The number of likely N-dealkylation sites (tertiary alicyclic amines) is 1. The van der Waals surface area contributed by atoms with Gasteiger partial charge in [-0.05, 0) is 55.4 Å². The Hall–Kier alpha value is -2.57. The Bertz CT molecular complexity index is 939. The van der Waals surface area contributed by atoms with E-state index in [9.17, 15) is 19.1 Å². The number of rotatable bonds is 8. The van der Waals surface area contributed by atoms with Crippen LogP contribution in [0.4, 0.5) is 4.39 Å². The SMILES string of the molecule is CC(=O)CNC1(c2ccccc2)CCN(C[C@@H]2C[C@@]2(C(=O)O)c2ccc(F)cc2)CC1. The van der Waals surface area contributed by atoms with Crippen LogP contribution in [-0.4, -0.2) is 47.9 Å². The molecule has 2 fully saturated rings. The van der Waals surface area contributed by atoms with Crippen molar-refractivity contribution in [2.75, 3.05) is 26.2 Å². The number of nitrogens with zero attached hydrogens (tertiary/aromatic N) is 1. The van der Waals surface area contributed by atoms with Crippen molar-refractivity contribution in [3.8, 4) is 0 Å². The molecule has 6 heteroatoms. The quantitative estimate of drug-likeness (QED) is 0.680. The molecule has 2 aliphatic rings. The maximum Gasteiger partial charge on any atom is 0.314 e. The molecule has 0 unspecified atom stereocenters. The van der Waals surface area contributed by atoms with Gasteiger partial charge in [0.1, 0.15) is 11.6 Å². The zero-order chi connectivity index (χ0) is 22.1. The lowest BCUT2D eigenvalue weighted by Gasteiger charge is -2.43. The second-order valence-electron chi connectivity index (χ2n) is 8.99. The van der Waals surface area contributed by atoms with Gasteiger partial charge < -0.3 is 15.3 Å². The van der Waals surface area contributed by atoms with Crippen molar-refractivity contribution < 1.29 is 19.1 Å². The summed E-state index contributed by atoms with van der Waals surface area (Å²) in [4.78, 5) is 26.0. The molecule has 0 radical (unpaired) electrons. The lowest BCUT2D eigenvalue weighted by atomic mass is 9.80. The molecule has 0 aromatic heterocycles. The number of carboxylic acids is 1. The number of carboxylic acid groups (broad SMARTS) is 1. The van der Waals surface area contributed by atoms with E-state index in [1.807, 2.05) is 18.2 Å². The summed E-state index contributed by atoms with van der Waals surface area (Å²) in [6, 6.07) is 16.1. The van der Waals surface area contributed by atoms with Crippen molar-refractivity contribution in [3.05, 3.63) is 71.5 Å². The summed E-state index contributed by atoms with van der Waals surface area (Å²) < 4.78 is 13.3. The van der Waals surface area contributed by atoms with E-state index in [0.29, 0.717) is 25.1 Å². The first kappa shape index (κ1) is 21.7. The topological polar surface area (TPSA) is 69.6 Å². The van der Waals surface area contributed by atoms with Gasteiger partial charge >= 0.3 is 5.97 Å². The number of carbonyl (C=O) groups is 2. The summed E-state index contributed by atoms with van der Waals surface area (Å²) in [5.41, 5.74) is 0.723. The van der Waals surface area contributed by atoms with Gasteiger partial charge in [-0.3, -0.25) is 9.59 Å². The average molecular weight is 425 g/mol. The molecule has 2 N–H and O–H groups in total. The molecule has 5 nitrogen and oxygen atoms in total. The molecule has 2 aromatic carbocycles. The number of Topliss-reactive ketones (excluding diaryl/α,β-unsaturated/α-hetero) is 1. The van der Waals surface area contributed by atoms with Gasteiger partial charge in [0.15, 0.2) is 0 Å².